The molecule has 3 aromatic heterocycles. The number of halogens is 2. The van der Waals surface area contributed by atoms with Crippen LogP contribution in [-0.2, 0) is 33.8 Å². The molecule has 4 aromatic rings. The van der Waals surface area contributed by atoms with Gasteiger partial charge in [0.2, 0.25) is 5.91 Å². The lowest BCUT2D eigenvalue weighted by molar-refractivity contribution is -0.139. The van der Waals surface area contributed by atoms with Crippen molar-refractivity contribution in [2.45, 2.75) is 90.8 Å². The van der Waals surface area contributed by atoms with Crippen LogP contribution < -0.4 is 0 Å². The van der Waals surface area contributed by atoms with E-state index in [2.05, 4.69) is 43.0 Å². The normalized spacial score (nSPS) is 24.6. The number of aryl methyl sites for hydroxylation is 1. The first-order valence-corrected chi connectivity index (χ1v) is 17.9. The van der Waals surface area contributed by atoms with Crippen molar-refractivity contribution < 1.29 is 23.6 Å². The highest BCUT2D eigenvalue weighted by atomic mass is 79.9. The quantitative estimate of drug-likeness (QED) is 0.132. The summed E-state index contributed by atoms with van der Waals surface area (Å²) in [7, 11) is 0. The highest BCUT2D eigenvalue weighted by Crippen LogP contribution is 2.62. The average Bonchev–Trinajstić information content (AvgIpc) is 3.49. The molecule has 7 rings (SSSR count). The summed E-state index contributed by atoms with van der Waals surface area (Å²) in [5.74, 6) is -0.484. The summed E-state index contributed by atoms with van der Waals surface area (Å²) in [5, 5.41) is 5.35. The first-order chi connectivity index (χ1) is 23.9. The molecule has 2 bridgehead atoms. The molecule has 10 nitrogen and oxygen atoms in total. The van der Waals surface area contributed by atoms with Crippen molar-refractivity contribution in [2.75, 3.05) is 0 Å². The van der Waals surface area contributed by atoms with Crippen LogP contribution in [0.15, 0.2) is 53.4 Å². The summed E-state index contributed by atoms with van der Waals surface area (Å²) < 4.78 is 15.5. The molecule has 1 amide bonds. The maximum atomic E-state index is 14.4. The lowest BCUT2D eigenvalue weighted by atomic mass is 9.88. The van der Waals surface area contributed by atoms with Gasteiger partial charge in [-0.2, -0.15) is 5.10 Å². The van der Waals surface area contributed by atoms with Crippen LogP contribution >= 0.6 is 15.9 Å². The van der Waals surface area contributed by atoms with E-state index in [-0.39, 0.29) is 63.9 Å². The van der Waals surface area contributed by atoms with Crippen LogP contribution in [0.25, 0.3) is 22.0 Å². The van der Waals surface area contributed by atoms with Crippen LogP contribution in [0.5, 0.6) is 0 Å². The molecule has 1 aromatic carbocycles. The van der Waals surface area contributed by atoms with Crippen molar-refractivity contribution in [3.05, 3.63) is 82.0 Å². The van der Waals surface area contributed by atoms with Crippen LogP contribution in [0.2, 0.25) is 0 Å². The van der Waals surface area contributed by atoms with Crippen LogP contribution in [-0.4, -0.2) is 65.0 Å². The topological polar surface area (TPSA) is 128 Å². The zero-order valence-electron chi connectivity index (χ0n) is 28.3. The predicted molar refractivity (Wildman–Crippen MR) is 188 cm³/mol. The Labute approximate surface area is 297 Å². The number of hydrogen-bond donors (Lipinski definition) is 0. The maximum Gasteiger partial charge on any atom is 0.245 e. The number of ketones is 3. The number of piperidine rings is 1. The third-order valence-corrected chi connectivity index (χ3v) is 11.2. The summed E-state index contributed by atoms with van der Waals surface area (Å²) >= 11 is 3.10. The highest BCUT2D eigenvalue weighted by Gasteiger charge is 2.66. The van der Waals surface area contributed by atoms with Gasteiger partial charge in [0.05, 0.1) is 18.0 Å². The molecule has 50 heavy (non-hydrogen) atoms. The Morgan fingerprint density at radius 1 is 1.08 bits per heavy atom. The van der Waals surface area contributed by atoms with Gasteiger partial charge in [-0.15, -0.1) is 0 Å². The van der Waals surface area contributed by atoms with Gasteiger partial charge in [0.25, 0.3) is 0 Å². The second-order valence-corrected chi connectivity index (χ2v) is 14.8. The van der Waals surface area contributed by atoms with Gasteiger partial charge in [-0.25, -0.2) is 19.3 Å². The first-order valence-electron chi connectivity index (χ1n) is 17.1. The number of carbonyl (C=O) groups is 4. The molecule has 258 valence electrons. The molecular weight excluding hydrogens is 703 g/mol. The van der Waals surface area contributed by atoms with Gasteiger partial charge in [-0.3, -0.25) is 23.9 Å². The lowest BCUT2D eigenvalue weighted by Gasteiger charge is -2.27. The molecule has 1 saturated heterocycles. The Balaban J connectivity index is 1.30. The average molecular weight is 742 g/mol. The molecule has 2 fully saturated rings. The molecule has 12 heteroatoms. The number of hydrogen-bond acceptors (Lipinski definition) is 8. The fourth-order valence-electron chi connectivity index (χ4n) is 7.78. The zero-order chi connectivity index (χ0) is 35.3. The molecule has 5 heterocycles. The minimum atomic E-state index is -0.720. The summed E-state index contributed by atoms with van der Waals surface area (Å²) in [4.78, 5) is 69.2. The number of aromatic nitrogens is 5. The summed E-state index contributed by atoms with van der Waals surface area (Å²) in [5.41, 5.74) is 3.52. The smallest absolute Gasteiger partial charge is 0.245 e. The van der Waals surface area contributed by atoms with Gasteiger partial charge in [-0.05, 0) is 102 Å². The maximum absolute atomic E-state index is 14.4. The second-order valence-electron chi connectivity index (χ2n) is 14.1. The van der Waals surface area contributed by atoms with Gasteiger partial charge in [0, 0.05) is 54.3 Å². The van der Waals surface area contributed by atoms with Crippen LogP contribution in [0, 0.1) is 24.1 Å². The number of pyridine rings is 1. The second kappa shape index (κ2) is 13.4. The van der Waals surface area contributed by atoms with E-state index in [9.17, 15) is 23.6 Å². The van der Waals surface area contributed by atoms with E-state index in [0.717, 1.165) is 36.0 Å². The number of allylic oxidation sites excluding steroid dienone is 2. The number of benzene rings is 1. The molecule has 0 radical (unpaired) electrons. The van der Waals surface area contributed by atoms with E-state index in [1.807, 2.05) is 26.0 Å². The van der Waals surface area contributed by atoms with E-state index >= 15 is 0 Å². The van der Waals surface area contributed by atoms with Crippen molar-refractivity contribution in [3.63, 3.8) is 0 Å². The molecule has 2 aliphatic heterocycles. The van der Waals surface area contributed by atoms with E-state index in [1.54, 1.807) is 22.0 Å². The molecule has 4 atom stereocenters. The Hall–Kier alpha value is -4.45. The number of nitrogens with zero attached hydrogens (tertiary/aromatic N) is 6. The minimum absolute atomic E-state index is 0.0257. The van der Waals surface area contributed by atoms with Crippen molar-refractivity contribution >= 4 is 50.1 Å². The van der Waals surface area contributed by atoms with Gasteiger partial charge in [0.1, 0.15) is 28.4 Å². The summed E-state index contributed by atoms with van der Waals surface area (Å²) in [6, 6.07) is 5.76. The summed E-state index contributed by atoms with van der Waals surface area (Å²) in [6.07, 6.45) is 11.7. The van der Waals surface area contributed by atoms with Crippen molar-refractivity contribution in [1.82, 2.24) is 29.6 Å². The molecule has 0 unspecified atom stereocenters. The van der Waals surface area contributed by atoms with Gasteiger partial charge in [0.15, 0.2) is 17.4 Å². The fraction of sp³-hybridized carbons (Fsp3) is 0.421. The Morgan fingerprint density at radius 3 is 2.60 bits per heavy atom. The molecule has 0 N–H and O–H groups in total. The molecule has 3 aliphatic rings. The van der Waals surface area contributed by atoms with Crippen LogP contribution in [0.3, 0.4) is 0 Å². The van der Waals surface area contributed by atoms with E-state index in [4.69, 9.17) is 5.10 Å². The number of carbonyl (C=O) groups excluding carboxylic acids is 4. The molecule has 1 saturated carbocycles. The molecule has 0 spiro atoms. The lowest BCUT2D eigenvalue weighted by Crippen LogP contribution is -2.45. The summed E-state index contributed by atoms with van der Waals surface area (Å²) in [6.45, 7) is 5.08. The predicted octanol–water partition coefficient (Wildman–Crippen LogP) is 6.35. The van der Waals surface area contributed by atoms with Crippen LogP contribution in [0.4, 0.5) is 4.39 Å². The number of amides is 1. The van der Waals surface area contributed by atoms with E-state index in [1.165, 1.54) is 19.1 Å². The molecular formula is C38H38BrFN6O4. The van der Waals surface area contributed by atoms with Gasteiger partial charge >= 0.3 is 0 Å². The van der Waals surface area contributed by atoms with Crippen molar-refractivity contribution in [1.29, 1.82) is 0 Å². The Kier molecular flexibility index (Phi) is 9.08. The Bertz CT molecular complexity index is 2080. The van der Waals surface area contributed by atoms with Gasteiger partial charge < -0.3 is 4.90 Å². The van der Waals surface area contributed by atoms with Gasteiger partial charge in [-0.1, -0.05) is 19.1 Å². The van der Waals surface area contributed by atoms with Crippen molar-refractivity contribution in [2.24, 2.45) is 11.3 Å². The van der Waals surface area contributed by atoms with Crippen molar-refractivity contribution in [3.8, 4) is 11.1 Å². The number of rotatable bonds is 5. The van der Waals surface area contributed by atoms with E-state index < -0.39 is 11.9 Å². The first kappa shape index (κ1) is 34.0. The minimum Gasteiger partial charge on any atom is -0.327 e. The third-order valence-electron chi connectivity index (χ3n) is 10.6. The standard InChI is InChI=1S/C38H38BrFN6O4/c1-21-7-5-4-6-8-24-13-25(26-18-41-23(3)42-19-26)14-28-35(22(2)47)44-45(36(24)28)20-34(50)46-30(16-38(17-33(38)46)12-11-31(21)48)32(49)15-27-9-10-29(40)37(39)43-27/h4,6,9-10,13-14,18-19,21,30,33H,5,7-8,11-12,15-17,20H2,1-3H3/b6-4+/t21-,30+,33-,38+/m1/s1. The highest BCUT2D eigenvalue weighted by molar-refractivity contribution is 9.10. The molecule has 1 aliphatic carbocycles. The SMILES string of the molecule is CC(=O)c1nn2c3c(cc(-c4cnc(C)nc4)cc13)C/C=C/CC[C@@H](C)C(=O)CC[C@@]13C[C@@H](C(=O)Cc4ccc(F)c(Br)n4)N(C(=O)C2)[C@@H]1C3. The Morgan fingerprint density at radius 2 is 1.86 bits per heavy atom. The monoisotopic (exact) mass is 740 g/mol. The van der Waals surface area contributed by atoms with E-state index in [0.29, 0.717) is 48.1 Å². The third kappa shape index (κ3) is 6.45. The number of Topliss-reactive ketones (excluding diaryl/α,β-unsaturated/α-hetero) is 3. The largest absolute Gasteiger partial charge is 0.327 e. The van der Waals surface area contributed by atoms with Crippen LogP contribution in [0.1, 0.15) is 79.9 Å². The zero-order valence-corrected chi connectivity index (χ0v) is 29.9. The fourth-order valence-corrected chi connectivity index (χ4v) is 8.14.